The van der Waals surface area contributed by atoms with Crippen molar-refractivity contribution in [1.29, 1.82) is 5.26 Å². The van der Waals surface area contributed by atoms with Crippen molar-refractivity contribution in [3.8, 4) is 11.8 Å². The molecule has 166 valence electrons. The normalized spacial score (nSPS) is 20.6. The van der Waals surface area contributed by atoms with Crippen LogP contribution in [0.1, 0.15) is 36.0 Å². The van der Waals surface area contributed by atoms with Gasteiger partial charge in [-0.15, -0.1) is 0 Å². The largest absolute Gasteiger partial charge is 0.506 e. The number of phenols is 1. The first-order chi connectivity index (χ1) is 14.9. The van der Waals surface area contributed by atoms with Crippen LogP contribution in [0.5, 0.6) is 5.75 Å². The molecule has 0 bridgehead atoms. The van der Waals surface area contributed by atoms with Gasteiger partial charge in [-0.3, -0.25) is 4.79 Å². The van der Waals surface area contributed by atoms with E-state index in [4.69, 9.17) is 0 Å². The van der Waals surface area contributed by atoms with Crippen molar-refractivity contribution in [2.24, 2.45) is 0 Å². The fourth-order valence-corrected chi connectivity index (χ4v) is 4.33. The number of fused-ring (bicyclic) bond motifs is 2. The number of aromatic amines is 1. The maximum absolute atomic E-state index is 14.1. The number of aromatic hydroxyl groups is 1. The Balaban J connectivity index is 1.87. The van der Waals surface area contributed by atoms with Crippen LogP contribution in [0.25, 0.3) is 10.9 Å². The molecule has 0 aliphatic heterocycles. The second-order valence-corrected chi connectivity index (χ2v) is 7.97. The van der Waals surface area contributed by atoms with Gasteiger partial charge in [-0.25, -0.2) is 4.39 Å². The lowest BCUT2D eigenvalue weighted by Crippen LogP contribution is -2.50. The predicted octanol–water partition coefficient (Wildman–Crippen LogP) is 4.33. The molecule has 0 amide bonds. The highest BCUT2D eigenvalue weighted by Crippen LogP contribution is 2.50. The van der Waals surface area contributed by atoms with Gasteiger partial charge in [0.05, 0.1) is 11.2 Å². The van der Waals surface area contributed by atoms with Crippen LogP contribution in [0.2, 0.25) is 0 Å². The van der Waals surface area contributed by atoms with Gasteiger partial charge in [0.2, 0.25) is 5.56 Å². The molecule has 0 radical (unpaired) electrons. The van der Waals surface area contributed by atoms with Crippen molar-refractivity contribution in [2.75, 3.05) is 5.32 Å². The van der Waals surface area contributed by atoms with E-state index in [2.05, 4.69) is 10.3 Å². The average molecular weight is 447 g/mol. The zero-order valence-electron chi connectivity index (χ0n) is 16.6. The minimum absolute atomic E-state index is 0.0125. The van der Waals surface area contributed by atoms with Crippen molar-refractivity contribution in [3.05, 3.63) is 63.2 Å². The summed E-state index contributed by atoms with van der Waals surface area (Å²) in [6, 6.07) is 8.07. The molecule has 1 aliphatic rings. The second kappa shape index (κ2) is 7.24. The van der Waals surface area contributed by atoms with Gasteiger partial charge in [0.15, 0.2) is 5.60 Å². The quantitative estimate of drug-likeness (QED) is 0.437. The van der Waals surface area contributed by atoms with Crippen LogP contribution in [0.3, 0.4) is 0 Å². The summed E-state index contributed by atoms with van der Waals surface area (Å²) in [4.78, 5) is 13.9. The predicted molar refractivity (Wildman–Crippen MR) is 108 cm³/mol. The zero-order valence-corrected chi connectivity index (χ0v) is 16.6. The third kappa shape index (κ3) is 3.35. The number of nitrogens with zero attached hydrogens (tertiary/aromatic N) is 1. The fraction of sp³-hybridized carbons (Fsp3) is 0.273. The van der Waals surface area contributed by atoms with Crippen LogP contribution in [-0.2, 0) is 6.42 Å². The van der Waals surface area contributed by atoms with E-state index >= 15 is 0 Å². The number of benzene rings is 2. The highest BCUT2D eigenvalue weighted by molar-refractivity contribution is 5.94. The molecule has 10 heteroatoms. The van der Waals surface area contributed by atoms with E-state index in [0.29, 0.717) is 0 Å². The summed E-state index contributed by atoms with van der Waals surface area (Å²) in [5, 5.41) is 33.7. The molecule has 0 spiro atoms. The standard InChI is InChI=1S/C22H17F4N3O3/c1-10-7-21(32,22(24,25)26)8-11-6-16(13(9-27)20(31)18(10)11)28-15-4-3-14(23)19-12(15)2-5-17(30)29-19/h2-6,10,28,31-32H,7-8H2,1H3,(H,29,30). The Hall–Kier alpha value is -3.58. The average Bonchev–Trinajstić information content (AvgIpc) is 2.69. The van der Waals surface area contributed by atoms with E-state index in [1.807, 2.05) is 6.07 Å². The number of hydrogen-bond acceptors (Lipinski definition) is 5. The Morgan fingerprint density at radius 3 is 2.62 bits per heavy atom. The number of H-pyrrole nitrogens is 1. The molecule has 0 saturated heterocycles. The molecular weight excluding hydrogens is 430 g/mol. The van der Waals surface area contributed by atoms with Crippen molar-refractivity contribution in [2.45, 2.75) is 37.5 Å². The summed E-state index contributed by atoms with van der Waals surface area (Å²) in [6.07, 6.45) is -6.32. The first kappa shape index (κ1) is 21.6. The van der Waals surface area contributed by atoms with Gasteiger partial charge >= 0.3 is 6.18 Å². The monoisotopic (exact) mass is 447 g/mol. The molecule has 0 saturated carbocycles. The lowest BCUT2D eigenvalue weighted by atomic mass is 9.73. The first-order valence-electron chi connectivity index (χ1n) is 9.61. The third-order valence-corrected chi connectivity index (χ3v) is 5.80. The number of rotatable bonds is 2. The van der Waals surface area contributed by atoms with Crippen LogP contribution in [0.4, 0.5) is 28.9 Å². The number of nitriles is 1. The van der Waals surface area contributed by atoms with Crippen LogP contribution in [-0.4, -0.2) is 27.0 Å². The first-order valence-corrected chi connectivity index (χ1v) is 9.61. The van der Waals surface area contributed by atoms with Gasteiger partial charge in [0.1, 0.15) is 23.2 Å². The van der Waals surface area contributed by atoms with Crippen molar-refractivity contribution in [3.63, 3.8) is 0 Å². The Labute approximate surface area is 178 Å². The van der Waals surface area contributed by atoms with E-state index in [-0.39, 0.29) is 39.0 Å². The van der Waals surface area contributed by atoms with Gasteiger partial charge in [0, 0.05) is 29.1 Å². The Morgan fingerprint density at radius 2 is 1.97 bits per heavy atom. The lowest BCUT2D eigenvalue weighted by Gasteiger charge is -2.38. The molecule has 1 aliphatic carbocycles. The van der Waals surface area contributed by atoms with E-state index in [9.17, 15) is 37.8 Å². The SMILES string of the molecule is CC1CC(O)(C(F)(F)F)Cc2cc(Nc3ccc(F)c4[nH]c(=O)ccc34)c(C#N)c(O)c21. The molecule has 3 aromatic rings. The van der Waals surface area contributed by atoms with Crippen molar-refractivity contribution in [1.82, 2.24) is 4.98 Å². The molecular formula is C22H17F4N3O3. The number of pyridine rings is 1. The summed E-state index contributed by atoms with van der Waals surface area (Å²) in [5.74, 6) is -2.02. The van der Waals surface area contributed by atoms with Crippen molar-refractivity contribution < 1.29 is 27.8 Å². The number of aliphatic hydroxyl groups is 1. The summed E-state index contributed by atoms with van der Waals surface area (Å²) in [7, 11) is 0. The molecule has 2 atom stereocenters. The van der Waals surface area contributed by atoms with E-state index < -0.39 is 47.7 Å². The van der Waals surface area contributed by atoms with E-state index in [1.165, 1.54) is 31.2 Å². The highest BCUT2D eigenvalue weighted by Gasteiger charge is 2.56. The smallest absolute Gasteiger partial charge is 0.417 e. The molecule has 2 aromatic carbocycles. The summed E-state index contributed by atoms with van der Waals surface area (Å²) in [6.45, 7) is 1.44. The molecule has 6 nitrogen and oxygen atoms in total. The number of phenolic OH excluding ortho intramolecular Hbond substituents is 1. The number of alkyl halides is 3. The van der Waals surface area contributed by atoms with Gasteiger partial charge in [-0.2, -0.15) is 18.4 Å². The maximum Gasteiger partial charge on any atom is 0.417 e. The van der Waals surface area contributed by atoms with Gasteiger partial charge < -0.3 is 20.5 Å². The number of anilines is 2. The molecule has 32 heavy (non-hydrogen) atoms. The second-order valence-electron chi connectivity index (χ2n) is 7.97. The van der Waals surface area contributed by atoms with E-state index in [0.717, 1.165) is 6.07 Å². The zero-order chi connectivity index (χ0) is 23.4. The van der Waals surface area contributed by atoms with Crippen molar-refractivity contribution >= 4 is 22.3 Å². The van der Waals surface area contributed by atoms with Crippen LogP contribution in [0, 0.1) is 17.1 Å². The summed E-state index contributed by atoms with van der Waals surface area (Å²) >= 11 is 0. The van der Waals surface area contributed by atoms with Crippen LogP contribution < -0.4 is 10.9 Å². The Kier molecular flexibility index (Phi) is 4.90. The van der Waals surface area contributed by atoms with Crippen LogP contribution >= 0.6 is 0 Å². The molecule has 4 N–H and O–H groups in total. The minimum atomic E-state index is -4.88. The minimum Gasteiger partial charge on any atom is -0.506 e. The Morgan fingerprint density at radius 1 is 1.25 bits per heavy atom. The lowest BCUT2D eigenvalue weighted by molar-refractivity contribution is -0.265. The third-order valence-electron chi connectivity index (χ3n) is 5.80. The molecule has 1 heterocycles. The summed E-state index contributed by atoms with van der Waals surface area (Å²) in [5.41, 5.74) is -3.34. The molecule has 2 unspecified atom stereocenters. The topological polar surface area (TPSA) is 109 Å². The number of hydrogen-bond donors (Lipinski definition) is 4. The summed E-state index contributed by atoms with van der Waals surface area (Å²) < 4.78 is 54.6. The van der Waals surface area contributed by atoms with Gasteiger partial charge in [-0.1, -0.05) is 6.92 Å². The highest BCUT2D eigenvalue weighted by atomic mass is 19.4. The maximum atomic E-state index is 14.1. The number of nitrogens with one attached hydrogen (secondary N) is 2. The van der Waals surface area contributed by atoms with Gasteiger partial charge in [-0.05, 0) is 42.2 Å². The van der Waals surface area contributed by atoms with E-state index in [1.54, 1.807) is 0 Å². The molecule has 0 fully saturated rings. The Bertz CT molecular complexity index is 1340. The molecule has 4 rings (SSSR count). The number of aromatic nitrogens is 1. The fourth-order valence-electron chi connectivity index (χ4n) is 4.33. The van der Waals surface area contributed by atoms with Crippen LogP contribution in [0.15, 0.2) is 35.1 Å². The van der Waals surface area contributed by atoms with Gasteiger partial charge in [0.25, 0.3) is 0 Å². The number of halogens is 4. The molecule has 1 aromatic heterocycles.